The Labute approximate surface area is 135 Å². The maximum Gasteiger partial charge on any atom is 0.310 e. The van der Waals surface area contributed by atoms with E-state index in [-0.39, 0.29) is 42.7 Å². The quantitative estimate of drug-likeness (QED) is 0.662. The summed E-state index contributed by atoms with van der Waals surface area (Å²) in [7, 11) is 2.93. The van der Waals surface area contributed by atoms with Crippen LogP contribution in [-0.2, 0) is 19.0 Å². The minimum atomic E-state index is -0.475. The van der Waals surface area contributed by atoms with Crippen molar-refractivity contribution in [1.82, 2.24) is 5.32 Å². The lowest BCUT2D eigenvalue weighted by molar-refractivity contribution is -0.151. The Kier molecular flexibility index (Phi) is 4.94. The summed E-state index contributed by atoms with van der Waals surface area (Å²) in [4.78, 5) is 12.4. The number of carbonyl (C=O) groups excluding carboxylic acids is 1. The number of hydrogen-bond acceptors (Lipinski definition) is 5. The zero-order valence-electron chi connectivity index (χ0n) is 13.3. The molecule has 0 saturated carbocycles. The third-order valence-corrected chi connectivity index (χ3v) is 4.88. The number of carbonyl (C=O) groups is 1. The molecule has 5 nitrogen and oxygen atoms in total. The predicted octanol–water partition coefficient (Wildman–Crippen LogP) is 1.82. The average Bonchev–Trinajstić information content (AvgIpc) is 2.88. The van der Waals surface area contributed by atoms with Gasteiger partial charge in [0.15, 0.2) is 0 Å². The molecule has 0 radical (unpaired) electrons. The maximum atomic E-state index is 14.3. The van der Waals surface area contributed by atoms with Crippen LogP contribution in [0.1, 0.15) is 24.3 Å². The van der Waals surface area contributed by atoms with Crippen molar-refractivity contribution in [2.75, 3.05) is 21.0 Å². The van der Waals surface area contributed by atoms with Crippen molar-refractivity contribution in [2.24, 2.45) is 5.92 Å². The molecule has 2 fully saturated rings. The van der Waals surface area contributed by atoms with Crippen LogP contribution >= 0.6 is 0 Å². The lowest BCUT2D eigenvalue weighted by Crippen LogP contribution is -2.51. The topological polar surface area (TPSA) is 56.8 Å². The number of nitrogens with one attached hydrogen (secondary N) is 1. The maximum absolute atomic E-state index is 14.3. The zero-order chi connectivity index (χ0) is 16.4. The van der Waals surface area contributed by atoms with E-state index < -0.39 is 5.92 Å². The molecule has 0 spiro atoms. The first-order chi connectivity index (χ1) is 11.2. The first-order valence-corrected chi connectivity index (χ1v) is 7.84. The van der Waals surface area contributed by atoms with Crippen molar-refractivity contribution in [3.8, 4) is 0 Å². The van der Waals surface area contributed by atoms with Gasteiger partial charge in [-0.05, 0) is 24.5 Å². The van der Waals surface area contributed by atoms with Gasteiger partial charge >= 0.3 is 5.97 Å². The summed E-state index contributed by atoms with van der Waals surface area (Å²) in [6.07, 6.45) is 1.33. The number of fused-ring (bicyclic) bond motifs is 2. The third kappa shape index (κ3) is 3.11. The van der Waals surface area contributed by atoms with Crippen LogP contribution in [0.2, 0.25) is 0 Å². The molecule has 2 saturated heterocycles. The molecule has 0 aliphatic carbocycles. The molecule has 6 heteroatoms. The molecule has 2 heterocycles. The Morgan fingerprint density at radius 2 is 2.09 bits per heavy atom. The lowest BCUT2D eigenvalue weighted by atomic mass is 9.76. The zero-order valence-corrected chi connectivity index (χ0v) is 13.3. The molecule has 3 rings (SSSR count). The van der Waals surface area contributed by atoms with Gasteiger partial charge in [0.2, 0.25) is 0 Å². The standard InChI is InChI=1S/C17H22FNO4/c1-21-9-23-14-8-10-7-12(11-5-3-4-6-13(11)18)15(16(14)19-10)17(20)22-2/h3-6,10,12,14-16,19H,7-9H2,1-2H3/t10?,12?,14?,15-,16?/m0/s1. The summed E-state index contributed by atoms with van der Waals surface area (Å²) in [5.41, 5.74) is 0.576. The van der Waals surface area contributed by atoms with Crippen molar-refractivity contribution in [2.45, 2.75) is 36.9 Å². The molecule has 1 aromatic carbocycles. The van der Waals surface area contributed by atoms with E-state index in [1.807, 2.05) is 0 Å². The molecule has 4 unspecified atom stereocenters. The van der Waals surface area contributed by atoms with E-state index in [9.17, 15) is 9.18 Å². The van der Waals surface area contributed by atoms with Crippen LogP contribution in [0.15, 0.2) is 24.3 Å². The third-order valence-electron chi connectivity index (χ3n) is 4.88. The molecule has 0 aromatic heterocycles. The largest absolute Gasteiger partial charge is 0.469 e. The highest BCUT2D eigenvalue weighted by molar-refractivity contribution is 5.75. The van der Waals surface area contributed by atoms with Crippen molar-refractivity contribution >= 4 is 5.97 Å². The molecule has 5 atom stereocenters. The van der Waals surface area contributed by atoms with Gasteiger partial charge in [-0.25, -0.2) is 4.39 Å². The molecular formula is C17H22FNO4. The second kappa shape index (κ2) is 6.95. The number of ether oxygens (including phenoxy) is 3. The van der Waals surface area contributed by atoms with Gasteiger partial charge < -0.3 is 19.5 Å². The van der Waals surface area contributed by atoms with Crippen LogP contribution in [0.4, 0.5) is 4.39 Å². The van der Waals surface area contributed by atoms with Crippen LogP contribution in [0.5, 0.6) is 0 Å². The van der Waals surface area contributed by atoms with E-state index in [4.69, 9.17) is 14.2 Å². The van der Waals surface area contributed by atoms with Gasteiger partial charge in [0.1, 0.15) is 12.6 Å². The van der Waals surface area contributed by atoms with E-state index in [2.05, 4.69) is 5.32 Å². The van der Waals surface area contributed by atoms with Crippen LogP contribution < -0.4 is 5.32 Å². The fraction of sp³-hybridized carbons (Fsp3) is 0.588. The first kappa shape index (κ1) is 16.4. The summed E-state index contributed by atoms with van der Waals surface area (Å²) in [6, 6.07) is 6.66. The number of rotatable bonds is 5. The summed E-state index contributed by atoms with van der Waals surface area (Å²) in [5.74, 6) is -1.29. The van der Waals surface area contributed by atoms with Crippen molar-refractivity contribution < 1.29 is 23.4 Å². The Bertz CT molecular complexity index is 567. The fourth-order valence-electron chi connectivity index (χ4n) is 3.95. The summed E-state index contributed by atoms with van der Waals surface area (Å²) in [5, 5.41) is 3.43. The second-order valence-corrected chi connectivity index (χ2v) is 6.15. The molecule has 2 aliphatic heterocycles. The van der Waals surface area contributed by atoms with Crippen LogP contribution in [0, 0.1) is 11.7 Å². The van der Waals surface area contributed by atoms with E-state index in [0.29, 0.717) is 12.0 Å². The van der Waals surface area contributed by atoms with E-state index in [1.165, 1.54) is 13.2 Å². The van der Waals surface area contributed by atoms with Crippen molar-refractivity contribution in [1.29, 1.82) is 0 Å². The minimum Gasteiger partial charge on any atom is -0.469 e. The SMILES string of the molecule is COCOC1CC2CC(c3ccccc3F)[C@H](C(=O)OC)C1N2. The van der Waals surface area contributed by atoms with Gasteiger partial charge in [-0.1, -0.05) is 18.2 Å². The van der Waals surface area contributed by atoms with E-state index >= 15 is 0 Å². The van der Waals surface area contributed by atoms with Gasteiger partial charge in [0.05, 0.1) is 19.1 Å². The van der Waals surface area contributed by atoms with Gasteiger partial charge in [0, 0.05) is 25.1 Å². The fourth-order valence-corrected chi connectivity index (χ4v) is 3.95. The number of esters is 1. The van der Waals surface area contributed by atoms with Crippen molar-refractivity contribution in [3.63, 3.8) is 0 Å². The first-order valence-electron chi connectivity index (χ1n) is 7.84. The molecule has 1 N–H and O–H groups in total. The Morgan fingerprint density at radius 3 is 2.78 bits per heavy atom. The minimum absolute atomic E-state index is 0.138. The summed E-state index contributed by atoms with van der Waals surface area (Å²) >= 11 is 0. The highest BCUT2D eigenvalue weighted by Crippen LogP contribution is 2.43. The number of piperidine rings is 1. The second-order valence-electron chi connectivity index (χ2n) is 6.15. The Hall–Kier alpha value is -1.50. The highest BCUT2D eigenvalue weighted by Gasteiger charge is 2.52. The smallest absolute Gasteiger partial charge is 0.310 e. The number of methoxy groups -OCH3 is 2. The number of halogens is 1. The van der Waals surface area contributed by atoms with E-state index in [1.54, 1.807) is 25.3 Å². The predicted molar refractivity (Wildman–Crippen MR) is 81.3 cm³/mol. The molecule has 23 heavy (non-hydrogen) atoms. The number of benzene rings is 1. The molecule has 1 aromatic rings. The Morgan fingerprint density at radius 1 is 1.30 bits per heavy atom. The molecule has 2 bridgehead atoms. The Balaban J connectivity index is 1.91. The van der Waals surface area contributed by atoms with Gasteiger partial charge in [-0.3, -0.25) is 4.79 Å². The monoisotopic (exact) mass is 323 g/mol. The van der Waals surface area contributed by atoms with Crippen LogP contribution in [0.25, 0.3) is 0 Å². The number of hydrogen-bond donors (Lipinski definition) is 1. The summed E-state index contributed by atoms with van der Waals surface area (Å²) < 4.78 is 30.0. The normalized spacial score (nSPS) is 32.7. The molecule has 126 valence electrons. The van der Waals surface area contributed by atoms with E-state index in [0.717, 1.165) is 6.42 Å². The molecular weight excluding hydrogens is 301 g/mol. The lowest BCUT2D eigenvalue weighted by Gasteiger charge is -2.37. The van der Waals surface area contributed by atoms with Crippen molar-refractivity contribution in [3.05, 3.63) is 35.6 Å². The highest BCUT2D eigenvalue weighted by atomic mass is 19.1. The van der Waals surface area contributed by atoms with Gasteiger partial charge in [-0.15, -0.1) is 0 Å². The molecule has 0 amide bonds. The van der Waals surface area contributed by atoms with Gasteiger partial charge in [0.25, 0.3) is 0 Å². The average molecular weight is 323 g/mol. The van der Waals surface area contributed by atoms with Crippen LogP contribution in [0.3, 0.4) is 0 Å². The van der Waals surface area contributed by atoms with Crippen LogP contribution in [-0.4, -0.2) is 45.2 Å². The summed E-state index contributed by atoms with van der Waals surface area (Å²) in [6.45, 7) is 0.174. The van der Waals surface area contributed by atoms with Gasteiger partial charge in [-0.2, -0.15) is 0 Å². The molecule has 2 aliphatic rings.